The number of hydrogen-bond acceptors (Lipinski definition) is 9. The van der Waals surface area contributed by atoms with E-state index in [2.05, 4.69) is 15.0 Å². The van der Waals surface area contributed by atoms with Gasteiger partial charge in [-0.25, -0.2) is 9.59 Å². The Kier molecular flexibility index (Phi) is 5.63. The molecule has 0 bridgehead atoms. The molecule has 1 saturated heterocycles. The van der Waals surface area contributed by atoms with Gasteiger partial charge in [-0.2, -0.15) is 9.97 Å². The highest BCUT2D eigenvalue weighted by Crippen LogP contribution is 2.27. The van der Waals surface area contributed by atoms with Crippen molar-refractivity contribution in [2.75, 3.05) is 18.1 Å². The fraction of sp³-hybridized carbons (Fsp3) is 0.385. The molecule has 0 saturated carbocycles. The molecular weight excluding hydrogens is 320 g/mol. The average molecular weight is 338 g/mol. The Morgan fingerprint density at radius 2 is 2.00 bits per heavy atom. The molecule has 3 heterocycles. The van der Waals surface area contributed by atoms with Gasteiger partial charge in [-0.1, -0.05) is 0 Å². The number of ether oxygens (including phenoxy) is 1. The molecule has 0 amide bonds. The minimum atomic E-state index is -0.778. The zero-order chi connectivity index (χ0) is 17.7. The second-order valence-electron chi connectivity index (χ2n) is 4.98. The Hall–Kier alpha value is -2.76. The molecule has 1 aliphatic rings. The molecule has 3 atom stereocenters. The van der Waals surface area contributed by atoms with Gasteiger partial charge in [-0.15, -0.1) is 0 Å². The molecule has 11 nitrogen and oxygen atoms in total. The lowest BCUT2D eigenvalue weighted by Crippen LogP contribution is -2.27. The van der Waals surface area contributed by atoms with Gasteiger partial charge in [-0.05, 0) is 12.1 Å². The lowest BCUT2D eigenvalue weighted by Gasteiger charge is -2.13. The highest BCUT2D eigenvalue weighted by atomic mass is 16.5. The molecule has 11 heteroatoms. The van der Waals surface area contributed by atoms with Crippen LogP contribution in [0.1, 0.15) is 12.6 Å². The summed E-state index contributed by atoms with van der Waals surface area (Å²) in [7, 11) is 0. The van der Waals surface area contributed by atoms with E-state index in [0.29, 0.717) is 0 Å². The van der Waals surface area contributed by atoms with E-state index < -0.39 is 29.8 Å². The number of aliphatic hydroxyl groups is 2. The fourth-order valence-electron chi connectivity index (χ4n) is 2.08. The summed E-state index contributed by atoms with van der Waals surface area (Å²) < 4.78 is 6.56. The van der Waals surface area contributed by atoms with Crippen molar-refractivity contribution in [3.63, 3.8) is 0 Å². The number of nitrogens with two attached hydrogens (primary N) is 2. The van der Waals surface area contributed by atoms with E-state index in [4.69, 9.17) is 21.3 Å². The number of aliphatic hydroxyl groups excluding tert-OH is 2. The SMILES string of the molecule is Nc1cc[nH]c(=O)n1.Nc1ccn([C@H]2C[C@H](O)[C@@H](CO)O2)c(=O)n1. The number of nitrogen functional groups attached to an aromatic ring is 2. The van der Waals surface area contributed by atoms with Gasteiger partial charge in [0, 0.05) is 18.8 Å². The summed E-state index contributed by atoms with van der Waals surface area (Å²) in [6.45, 7) is -0.283. The van der Waals surface area contributed by atoms with E-state index in [-0.39, 0.29) is 24.7 Å². The molecule has 0 aliphatic carbocycles. The number of hydrogen-bond donors (Lipinski definition) is 5. The number of H-pyrrole nitrogens is 1. The number of nitrogens with zero attached hydrogens (tertiary/aromatic N) is 3. The molecule has 3 rings (SSSR count). The summed E-state index contributed by atoms with van der Waals surface area (Å²) >= 11 is 0. The monoisotopic (exact) mass is 338 g/mol. The Morgan fingerprint density at radius 1 is 1.29 bits per heavy atom. The summed E-state index contributed by atoms with van der Waals surface area (Å²) in [6.07, 6.45) is 1.12. The molecule has 24 heavy (non-hydrogen) atoms. The van der Waals surface area contributed by atoms with Crippen molar-refractivity contribution in [2.24, 2.45) is 0 Å². The molecule has 2 aromatic rings. The normalized spacial score (nSPS) is 22.7. The second-order valence-corrected chi connectivity index (χ2v) is 4.98. The van der Waals surface area contributed by atoms with Gasteiger partial charge in [0.2, 0.25) is 0 Å². The maximum atomic E-state index is 11.5. The topological polar surface area (TPSA) is 182 Å². The minimum absolute atomic E-state index is 0.138. The summed E-state index contributed by atoms with van der Waals surface area (Å²) in [4.78, 5) is 30.9. The van der Waals surface area contributed by atoms with Crippen LogP contribution in [0.25, 0.3) is 0 Å². The second kappa shape index (κ2) is 7.68. The van der Waals surface area contributed by atoms with Gasteiger partial charge < -0.3 is 31.4 Å². The van der Waals surface area contributed by atoms with E-state index in [1.807, 2.05) is 0 Å². The average Bonchev–Trinajstić information content (AvgIpc) is 2.88. The minimum Gasteiger partial charge on any atom is -0.394 e. The molecule has 0 radical (unpaired) electrons. The number of aromatic amines is 1. The van der Waals surface area contributed by atoms with Crippen LogP contribution in [0.3, 0.4) is 0 Å². The first-order valence-electron chi connectivity index (χ1n) is 7.01. The molecular formula is C13H18N6O5. The van der Waals surface area contributed by atoms with Gasteiger partial charge in [-0.3, -0.25) is 4.57 Å². The molecule has 0 unspecified atom stereocenters. The van der Waals surface area contributed by atoms with Crippen molar-refractivity contribution in [3.05, 3.63) is 45.5 Å². The van der Waals surface area contributed by atoms with Crippen molar-refractivity contribution in [1.82, 2.24) is 19.5 Å². The predicted octanol–water partition coefficient (Wildman–Crippen LogP) is -2.18. The van der Waals surface area contributed by atoms with Crippen LogP contribution >= 0.6 is 0 Å². The van der Waals surface area contributed by atoms with Gasteiger partial charge >= 0.3 is 11.4 Å². The van der Waals surface area contributed by atoms with Crippen molar-refractivity contribution >= 4 is 11.6 Å². The van der Waals surface area contributed by atoms with Crippen LogP contribution < -0.4 is 22.8 Å². The lowest BCUT2D eigenvalue weighted by molar-refractivity contribution is -0.0458. The maximum absolute atomic E-state index is 11.5. The third-order valence-corrected chi connectivity index (χ3v) is 3.24. The third kappa shape index (κ3) is 4.38. The standard InChI is InChI=1S/C9H13N3O4.C4H5N3O/c10-7-1-2-12(9(15)11-7)8-3-5(14)6(4-13)16-8;5-3-1-2-6-4(8)7-3/h1-2,5-6,8,13-14H,3-4H2,(H2,10,11,15);1-2H,(H3,5,6,7,8)/t5-,6+,8+;/m0./s1. The van der Waals surface area contributed by atoms with Gasteiger partial charge in [0.15, 0.2) is 0 Å². The van der Waals surface area contributed by atoms with Crippen LogP contribution in [0.2, 0.25) is 0 Å². The van der Waals surface area contributed by atoms with Gasteiger partial charge in [0.25, 0.3) is 0 Å². The van der Waals surface area contributed by atoms with Crippen LogP contribution in [0.5, 0.6) is 0 Å². The van der Waals surface area contributed by atoms with Crippen molar-refractivity contribution in [1.29, 1.82) is 0 Å². The Labute approximate surface area is 135 Å². The maximum Gasteiger partial charge on any atom is 0.351 e. The molecule has 130 valence electrons. The van der Waals surface area contributed by atoms with Crippen LogP contribution in [0, 0.1) is 0 Å². The number of anilines is 2. The third-order valence-electron chi connectivity index (χ3n) is 3.24. The van der Waals surface area contributed by atoms with E-state index >= 15 is 0 Å². The first-order valence-corrected chi connectivity index (χ1v) is 7.01. The molecule has 7 N–H and O–H groups in total. The Morgan fingerprint density at radius 3 is 2.50 bits per heavy atom. The summed E-state index contributed by atoms with van der Waals surface area (Å²) in [5.74, 6) is 0.382. The molecule has 1 aliphatic heterocycles. The van der Waals surface area contributed by atoms with Crippen LogP contribution in [-0.4, -0.2) is 48.5 Å². The lowest BCUT2D eigenvalue weighted by atomic mass is 10.2. The number of rotatable bonds is 2. The highest BCUT2D eigenvalue weighted by molar-refractivity contribution is 5.23. The summed E-state index contributed by atoms with van der Waals surface area (Å²) in [5.41, 5.74) is 9.54. The molecule has 2 aromatic heterocycles. The van der Waals surface area contributed by atoms with Crippen LogP contribution in [0.4, 0.5) is 11.6 Å². The fourth-order valence-corrected chi connectivity index (χ4v) is 2.08. The van der Waals surface area contributed by atoms with E-state index in [1.54, 1.807) is 0 Å². The number of aromatic nitrogens is 4. The van der Waals surface area contributed by atoms with Crippen molar-refractivity contribution < 1.29 is 14.9 Å². The van der Waals surface area contributed by atoms with Crippen LogP contribution in [-0.2, 0) is 4.74 Å². The van der Waals surface area contributed by atoms with Crippen molar-refractivity contribution in [3.8, 4) is 0 Å². The number of nitrogens with one attached hydrogen (secondary N) is 1. The predicted molar refractivity (Wildman–Crippen MR) is 83.8 cm³/mol. The quantitative estimate of drug-likeness (QED) is 0.406. The zero-order valence-corrected chi connectivity index (χ0v) is 12.6. The Bertz CT molecular complexity index is 791. The smallest absolute Gasteiger partial charge is 0.351 e. The first-order chi connectivity index (χ1) is 11.4. The molecule has 0 spiro atoms. The first kappa shape index (κ1) is 17.6. The van der Waals surface area contributed by atoms with E-state index in [1.165, 1.54) is 29.1 Å². The van der Waals surface area contributed by atoms with Gasteiger partial charge in [0.1, 0.15) is 24.0 Å². The van der Waals surface area contributed by atoms with E-state index in [9.17, 15) is 14.7 Å². The largest absolute Gasteiger partial charge is 0.394 e. The summed E-state index contributed by atoms with van der Waals surface area (Å²) in [5, 5.41) is 18.4. The summed E-state index contributed by atoms with van der Waals surface area (Å²) in [6, 6.07) is 2.99. The van der Waals surface area contributed by atoms with Crippen LogP contribution in [0.15, 0.2) is 34.1 Å². The van der Waals surface area contributed by atoms with Crippen molar-refractivity contribution in [2.45, 2.75) is 24.9 Å². The molecule has 1 fully saturated rings. The van der Waals surface area contributed by atoms with Gasteiger partial charge in [0.05, 0.1) is 12.7 Å². The zero-order valence-electron chi connectivity index (χ0n) is 12.6. The molecule has 0 aromatic carbocycles. The highest BCUT2D eigenvalue weighted by Gasteiger charge is 2.34. The van der Waals surface area contributed by atoms with E-state index in [0.717, 1.165) is 0 Å². The Balaban J connectivity index is 0.000000219.